The Balaban J connectivity index is 2.47. The van der Waals surface area contributed by atoms with Gasteiger partial charge in [-0.2, -0.15) is 0 Å². The lowest BCUT2D eigenvalue weighted by Crippen LogP contribution is -2.49. The van der Waals surface area contributed by atoms with Gasteiger partial charge in [-0.15, -0.1) is 0 Å². The molecule has 1 rings (SSSR count). The quantitative estimate of drug-likeness (QED) is 0.751. The van der Waals surface area contributed by atoms with Gasteiger partial charge >= 0.3 is 12.0 Å². The highest BCUT2D eigenvalue weighted by Crippen LogP contribution is 2.27. The molecule has 0 unspecified atom stereocenters. The number of benzene rings is 1. The molecule has 0 aliphatic carbocycles. The molecule has 0 saturated heterocycles. The normalized spacial score (nSPS) is 10.6. The Morgan fingerprint density at radius 2 is 1.68 bits per heavy atom. The van der Waals surface area contributed by atoms with E-state index in [2.05, 4.69) is 10.6 Å². The minimum Gasteiger partial charge on any atom is -0.493 e. The van der Waals surface area contributed by atoms with Crippen LogP contribution in [-0.2, 0) is 20.7 Å². The van der Waals surface area contributed by atoms with Gasteiger partial charge in [0.15, 0.2) is 18.1 Å². The van der Waals surface area contributed by atoms with Gasteiger partial charge in [0.05, 0.1) is 20.6 Å². The molecule has 1 aromatic rings. The van der Waals surface area contributed by atoms with Crippen molar-refractivity contribution in [2.75, 3.05) is 20.8 Å². The van der Waals surface area contributed by atoms with Gasteiger partial charge in [0, 0.05) is 5.54 Å². The summed E-state index contributed by atoms with van der Waals surface area (Å²) in [7, 11) is 3.01. The van der Waals surface area contributed by atoms with Crippen molar-refractivity contribution < 1.29 is 28.6 Å². The fraction of sp³-hybridized carbons (Fsp3) is 0.471. The van der Waals surface area contributed by atoms with Gasteiger partial charge in [-0.25, -0.2) is 4.79 Å². The molecule has 0 aromatic heterocycles. The summed E-state index contributed by atoms with van der Waals surface area (Å²) in [6.45, 7) is 4.80. The van der Waals surface area contributed by atoms with Crippen molar-refractivity contribution in [3.05, 3.63) is 23.8 Å². The van der Waals surface area contributed by atoms with Crippen LogP contribution in [0.4, 0.5) is 4.79 Å². The van der Waals surface area contributed by atoms with Gasteiger partial charge in [0.25, 0.3) is 5.91 Å². The number of urea groups is 1. The lowest BCUT2D eigenvalue weighted by Gasteiger charge is -2.20. The summed E-state index contributed by atoms with van der Waals surface area (Å²) in [5, 5.41) is 4.65. The average Bonchev–Trinajstić information content (AvgIpc) is 2.50. The maximum absolute atomic E-state index is 11.8. The van der Waals surface area contributed by atoms with E-state index in [0.717, 1.165) is 0 Å². The second kappa shape index (κ2) is 8.91. The summed E-state index contributed by atoms with van der Waals surface area (Å²) in [4.78, 5) is 34.9. The SMILES string of the molecule is COc1ccc(CC(=O)OCC(=O)NC(=O)NC(C)(C)C)cc1OC. The first-order valence-electron chi connectivity index (χ1n) is 7.63. The molecule has 0 radical (unpaired) electrons. The Morgan fingerprint density at radius 3 is 2.24 bits per heavy atom. The third-order valence-electron chi connectivity index (χ3n) is 2.90. The third kappa shape index (κ3) is 7.56. The number of ether oxygens (including phenoxy) is 3. The zero-order valence-electron chi connectivity index (χ0n) is 15.1. The van der Waals surface area contributed by atoms with E-state index in [4.69, 9.17) is 14.2 Å². The van der Waals surface area contributed by atoms with E-state index in [9.17, 15) is 14.4 Å². The summed E-state index contributed by atoms with van der Waals surface area (Å²) in [5.41, 5.74) is 0.169. The maximum atomic E-state index is 11.8. The number of carbonyl (C=O) groups is 3. The van der Waals surface area contributed by atoms with Crippen LogP contribution in [0.1, 0.15) is 26.3 Å². The number of hydrogen-bond acceptors (Lipinski definition) is 6. The fourth-order valence-corrected chi connectivity index (χ4v) is 1.89. The van der Waals surface area contributed by atoms with E-state index >= 15 is 0 Å². The largest absolute Gasteiger partial charge is 0.493 e. The molecule has 0 bridgehead atoms. The van der Waals surface area contributed by atoms with Crippen LogP contribution < -0.4 is 20.1 Å². The number of amides is 3. The number of esters is 1. The second-order valence-electron chi connectivity index (χ2n) is 6.28. The standard InChI is InChI=1S/C17H24N2O6/c1-17(2,3)19-16(22)18-14(20)10-25-15(21)9-11-6-7-12(23-4)13(8-11)24-5/h6-8H,9-10H2,1-5H3,(H2,18,19,20,22). The molecule has 0 saturated carbocycles. The highest BCUT2D eigenvalue weighted by atomic mass is 16.5. The number of methoxy groups -OCH3 is 2. The first kappa shape index (κ1) is 20.3. The van der Waals surface area contributed by atoms with Gasteiger partial charge < -0.3 is 19.5 Å². The van der Waals surface area contributed by atoms with E-state index in [-0.39, 0.29) is 6.42 Å². The molecule has 0 atom stereocenters. The number of nitrogens with one attached hydrogen (secondary N) is 2. The van der Waals surface area contributed by atoms with Gasteiger partial charge in [-0.1, -0.05) is 6.07 Å². The van der Waals surface area contributed by atoms with Crippen LogP contribution in [0.3, 0.4) is 0 Å². The molecule has 0 heterocycles. The van der Waals surface area contributed by atoms with E-state index in [0.29, 0.717) is 17.1 Å². The summed E-state index contributed by atoms with van der Waals surface area (Å²) in [6, 6.07) is 4.37. The molecule has 1 aromatic carbocycles. The molecule has 25 heavy (non-hydrogen) atoms. The molecule has 0 fully saturated rings. The lowest BCUT2D eigenvalue weighted by molar-refractivity contribution is -0.147. The Morgan fingerprint density at radius 1 is 1.04 bits per heavy atom. The van der Waals surface area contributed by atoms with Crippen molar-refractivity contribution >= 4 is 17.9 Å². The molecule has 0 spiro atoms. The van der Waals surface area contributed by atoms with Crippen molar-refractivity contribution in [2.45, 2.75) is 32.7 Å². The summed E-state index contributed by atoms with van der Waals surface area (Å²) in [5.74, 6) is -0.269. The minimum absolute atomic E-state index is 0.0399. The third-order valence-corrected chi connectivity index (χ3v) is 2.90. The Labute approximate surface area is 146 Å². The first-order chi connectivity index (χ1) is 11.6. The van der Waals surface area contributed by atoms with Crippen molar-refractivity contribution in [3.63, 3.8) is 0 Å². The number of carbonyl (C=O) groups excluding carboxylic acids is 3. The molecular weight excluding hydrogens is 328 g/mol. The first-order valence-corrected chi connectivity index (χ1v) is 7.63. The Hall–Kier alpha value is -2.77. The lowest BCUT2D eigenvalue weighted by atomic mass is 10.1. The number of imide groups is 1. The van der Waals surface area contributed by atoms with Crippen LogP contribution in [-0.4, -0.2) is 44.3 Å². The fourth-order valence-electron chi connectivity index (χ4n) is 1.89. The monoisotopic (exact) mass is 352 g/mol. The van der Waals surface area contributed by atoms with Gasteiger partial charge in [-0.3, -0.25) is 14.9 Å². The molecule has 0 aliphatic heterocycles. The van der Waals surface area contributed by atoms with Crippen molar-refractivity contribution in [1.29, 1.82) is 0 Å². The van der Waals surface area contributed by atoms with Crippen LogP contribution in [0.5, 0.6) is 11.5 Å². The smallest absolute Gasteiger partial charge is 0.321 e. The van der Waals surface area contributed by atoms with Crippen LogP contribution in [0.15, 0.2) is 18.2 Å². The molecule has 0 aliphatic rings. The zero-order valence-corrected chi connectivity index (χ0v) is 15.1. The summed E-state index contributed by atoms with van der Waals surface area (Å²) >= 11 is 0. The topological polar surface area (TPSA) is 103 Å². The number of rotatable bonds is 6. The van der Waals surface area contributed by atoms with E-state index in [1.54, 1.807) is 39.0 Å². The second-order valence-corrected chi connectivity index (χ2v) is 6.28. The predicted octanol–water partition coefficient (Wildman–Crippen LogP) is 1.41. The highest BCUT2D eigenvalue weighted by Gasteiger charge is 2.17. The summed E-state index contributed by atoms with van der Waals surface area (Å²) < 4.78 is 15.1. The van der Waals surface area contributed by atoms with E-state index in [1.165, 1.54) is 14.2 Å². The van der Waals surface area contributed by atoms with Crippen LogP contribution in [0.25, 0.3) is 0 Å². The van der Waals surface area contributed by atoms with Crippen LogP contribution >= 0.6 is 0 Å². The highest BCUT2D eigenvalue weighted by molar-refractivity contribution is 5.95. The average molecular weight is 352 g/mol. The van der Waals surface area contributed by atoms with Crippen LogP contribution in [0.2, 0.25) is 0 Å². The summed E-state index contributed by atoms with van der Waals surface area (Å²) in [6.07, 6.45) is -0.0399. The van der Waals surface area contributed by atoms with Gasteiger partial charge in [0.1, 0.15) is 0 Å². The molecule has 8 heteroatoms. The van der Waals surface area contributed by atoms with Crippen molar-refractivity contribution in [1.82, 2.24) is 10.6 Å². The van der Waals surface area contributed by atoms with E-state index < -0.39 is 30.1 Å². The van der Waals surface area contributed by atoms with Gasteiger partial charge in [-0.05, 0) is 38.5 Å². The molecular formula is C17H24N2O6. The zero-order chi connectivity index (χ0) is 19.0. The van der Waals surface area contributed by atoms with Gasteiger partial charge in [0.2, 0.25) is 0 Å². The molecule has 8 nitrogen and oxygen atoms in total. The Bertz CT molecular complexity index is 637. The predicted molar refractivity (Wildman–Crippen MR) is 90.6 cm³/mol. The van der Waals surface area contributed by atoms with Crippen molar-refractivity contribution in [3.8, 4) is 11.5 Å². The Kier molecular flexibility index (Phi) is 7.22. The van der Waals surface area contributed by atoms with E-state index in [1.807, 2.05) is 0 Å². The minimum atomic E-state index is -0.706. The van der Waals surface area contributed by atoms with Crippen LogP contribution in [0, 0.1) is 0 Å². The molecule has 138 valence electrons. The number of hydrogen-bond donors (Lipinski definition) is 2. The van der Waals surface area contributed by atoms with Crippen molar-refractivity contribution in [2.24, 2.45) is 0 Å². The molecule has 2 N–H and O–H groups in total. The molecule has 3 amide bonds. The maximum Gasteiger partial charge on any atom is 0.321 e.